The number of benzene rings is 1. The minimum absolute atomic E-state index is 0.0823. The molecule has 2 heteroatoms. The summed E-state index contributed by atoms with van der Waals surface area (Å²) in [4.78, 5) is 0. The quantitative estimate of drug-likeness (QED) is 0.794. The molecule has 92 valence electrons. The maximum atomic E-state index is 6.30. The van der Waals surface area contributed by atoms with E-state index >= 15 is 0 Å². The van der Waals surface area contributed by atoms with E-state index in [4.69, 9.17) is 4.74 Å². The second-order valence-electron chi connectivity index (χ2n) is 5.38. The first kappa shape index (κ1) is 10.9. The molecule has 3 rings (SSSR count). The molecule has 1 fully saturated rings. The lowest BCUT2D eigenvalue weighted by Gasteiger charge is -2.42. The fourth-order valence-corrected chi connectivity index (χ4v) is 3.02. The molecule has 2 nitrogen and oxygen atoms in total. The molecular formula is C15H21NO. The summed E-state index contributed by atoms with van der Waals surface area (Å²) >= 11 is 0. The molecule has 1 N–H and O–H groups in total. The van der Waals surface area contributed by atoms with E-state index in [1.165, 1.54) is 43.4 Å². The second-order valence-corrected chi connectivity index (χ2v) is 5.38. The van der Waals surface area contributed by atoms with Crippen molar-refractivity contribution in [1.82, 2.24) is 0 Å². The molecule has 1 spiro atoms. The van der Waals surface area contributed by atoms with Crippen molar-refractivity contribution in [3.63, 3.8) is 0 Å². The van der Waals surface area contributed by atoms with Crippen LogP contribution in [0.5, 0.6) is 5.75 Å². The molecule has 0 atom stereocenters. The average Bonchev–Trinajstić information content (AvgIpc) is 2.39. The highest BCUT2D eigenvalue weighted by molar-refractivity contribution is 5.60. The maximum Gasteiger partial charge on any atom is 0.143 e. The number of ether oxygens (including phenoxy) is 1. The van der Waals surface area contributed by atoms with Gasteiger partial charge >= 0.3 is 0 Å². The molecule has 1 heterocycles. The Bertz CT molecular complexity index is 407. The van der Waals surface area contributed by atoms with Crippen molar-refractivity contribution in [2.45, 2.75) is 51.0 Å². The molecule has 1 aliphatic heterocycles. The topological polar surface area (TPSA) is 21.3 Å². The Morgan fingerprint density at radius 3 is 2.82 bits per heavy atom. The summed E-state index contributed by atoms with van der Waals surface area (Å²) in [6.07, 6.45) is 7.48. The highest BCUT2D eigenvalue weighted by Crippen LogP contribution is 2.40. The molecule has 0 unspecified atom stereocenters. The molecule has 1 saturated carbocycles. The smallest absolute Gasteiger partial charge is 0.143 e. The van der Waals surface area contributed by atoms with Crippen molar-refractivity contribution in [1.29, 1.82) is 0 Å². The fourth-order valence-electron chi connectivity index (χ4n) is 3.02. The lowest BCUT2D eigenvalue weighted by molar-refractivity contribution is 0.0369. The summed E-state index contributed by atoms with van der Waals surface area (Å²) in [5.41, 5.74) is 2.64. The molecule has 0 aromatic heterocycles. The van der Waals surface area contributed by atoms with Gasteiger partial charge in [0.1, 0.15) is 11.4 Å². The summed E-state index contributed by atoms with van der Waals surface area (Å²) in [6, 6.07) is 6.55. The van der Waals surface area contributed by atoms with E-state index in [1.54, 1.807) is 0 Å². The van der Waals surface area contributed by atoms with Crippen molar-refractivity contribution in [2.24, 2.45) is 0 Å². The molecule has 0 saturated heterocycles. The number of rotatable bonds is 1. The van der Waals surface area contributed by atoms with Gasteiger partial charge in [-0.3, -0.25) is 0 Å². The average molecular weight is 231 g/mol. The molecule has 1 aromatic rings. The molecule has 0 bridgehead atoms. The zero-order chi connectivity index (χ0) is 11.7. The van der Waals surface area contributed by atoms with E-state index in [0.717, 1.165) is 18.7 Å². The monoisotopic (exact) mass is 231 g/mol. The third kappa shape index (κ3) is 2.01. The first-order valence-corrected chi connectivity index (χ1v) is 6.87. The van der Waals surface area contributed by atoms with Gasteiger partial charge in [0.25, 0.3) is 0 Å². The molecule has 2 aliphatic rings. The predicted molar refractivity (Wildman–Crippen MR) is 70.8 cm³/mol. The van der Waals surface area contributed by atoms with Gasteiger partial charge in [-0.2, -0.15) is 0 Å². The minimum atomic E-state index is 0.0823. The van der Waals surface area contributed by atoms with E-state index in [-0.39, 0.29) is 5.60 Å². The van der Waals surface area contributed by atoms with Crippen molar-refractivity contribution >= 4 is 5.69 Å². The van der Waals surface area contributed by atoms with Crippen molar-refractivity contribution in [2.75, 3.05) is 11.9 Å². The molecule has 17 heavy (non-hydrogen) atoms. The van der Waals surface area contributed by atoms with E-state index in [9.17, 15) is 0 Å². The largest absolute Gasteiger partial charge is 0.483 e. The Morgan fingerprint density at radius 2 is 2.06 bits per heavy atom. The van der Waals surface area contributed by atoms with E-state index < -0.39 is 0 Å². The Hall–Kier alpha value is -1.18. The van der Waals surface area contributed by atoms with Crippen molar-refractivity contribution in [3.05, 3.63) is 23.8 Å². The molecule has 1 aromatic carbocycles. The number of nitrogens with one attached hydrogen (secondary N) is 1. The molecule has 0 radical (unpaired) electrons. The Labute approximate surface area is 103 Å². The first-order chi connectivity index (χ1) is 8.31. The Balaban J connectivity index is 1.85. The van der Waals surface area contributed by atoms with Crippen LogP contribution in [0.15, 0.2) is 18.2 Å². The lowest BCUT2D eigenvalue weighted by Crippen LogP contribution is -2.47. The van der Waals surface area contributed by atoms with Gasteiger partial charge in [0.05, 0.1) is 12.2 Å². The summed E-state index contributed by atoms with van der Waals surface area (Å²) < 4.78 is 6.30. The number of aryl methyl sites for hydroxylation is 1. The van der Waals surface area contributed by atoms with Gasteiger partial charge in [-0.05, 0) is 49.8 Å². The van der Waals surface area contributed by atoms with Crippen LogP contribution in [0, 0.1) is 0 Å². The number of anilines is 1. The Kier molecular flexibility index (Phi) is 2.73. The highest BCUT2D eigenvalue weighted by Gasteiger charge is 2.37. The number of hydrogen-bond acceptors (Lipinski definition) is 2. The van der Waals surface area contributed by atoms with Gasteiger partial charge in [-0.25, -0.2) is 0 Å². The van der Waals surface area contributed by atoms with E-state index in [1.807, 2.05) is 0 Å². The fraction of sp³-hybridized carbons (Fsp3) is 0.600. The SMILES string of the molecule is CCc1ccc2c(c1)NCC1(CCCCC1)O2. The predicted octanol–water partition coefficient (Wildman–Crippen LogP) is 3.76. The zero-order valence-electron chi connectivity index (χ0n) is 10.6. The third-order valence-corrected chi connectivity index (χ3v) is 4.14. The highest BCUT2D eigenvalue weighted by atomic mass is 16.5. The van der Waals surface area contributed by atoms with Gasteiger partial charge in [0.2, 0.25) is 0 Å². The molecular weight excluding hydrogens is 210 g/mol. The van der Waals surface area contributed by atoms with E-state index in [2.05, 4.69) is 30.4 Å². The third-order valence-electron chi connectivity index (χ3n) is 4.14. The Morgan fingerprint density at radius 1 is 1.24 bits per heavy atom. The van der Waals surface area contributed by atoms with Crippen LogP contribution in [-0.4, -0.2) is 12.1 Å². The van der Waals surface area contributed by atoms with Gasteiger partial charge < -0.3 is 10.1 Å². The lowest BCUT2D eigenvalue weighted by atomic mass is 9.83. The van der Waals surface area contributed by atoms with Gasteiger partial charge in [0, 0.05) is 0 Å². The van der Waals surface area contributed by atoms with E-state index in [0.29, 0.717) is 0 Å². The summed E-state index contributed by atoms with van der Waals surface area (Å²) in [6.45, 7) is 3.17. The summed E-state index contributed by atoms with van der Waals surface area (Å²) in [5, 5.41) is 3.57. The molecule has 1 aliphatic carbocycles. The minimum Gasteiger partial charge on any atom is -0.483 e. The van der Waals surface area contributed by atoms with Gasteiger partial charge in [-0.15, -0.1) is 0 Å². The number of hydrogen-bond donors (Lipinski definition) is 1. The molecule has 0 amide bonds. The van der Waals surface area contributed by atoms with Crippen molar-refractivity contribution < 1.29 is 4.74 Å². The van der Waals surface area contributed by atoms with Crippen LogP contribution >= 0.6 is 0 Å². The van der Waals surface area contributed by atoms with Crippen LogP contribution in [0.1, 0.15) is 44.6 Å². The summed E-state index contributed by atoms with van der Waals surface area (Å²) in [5.74, 6) is 1.05. The van der Waals surface area contributed by atoms with Crippen LogP contribution in [0.3, 0.4) is 0 Å². The van der Waals surface area contributed by atoms with Gasteiger partial charge in [-0.1, -0.05) is 19.4 Å². The standard InChI is InChI=1S/C15H21NO/c1-2-12-6-7-14-13(10-12)16-11-15(17-14)8-4-3-5-9-15/h6-7,10,16H,2-5,8-9,11H2,1H3. The first-order valence-electron chi connectivity index (χ1n) is 6.87. The maximum absolute atomic E-state index is 6.30. The number of fused-ring (bicyclic) bond motifs is 1. The normalized spacial score (nSPS) is 21.5. The van der Waals surface area contributed by atoms with Gasteiger partial charge in [0.15, 0.2) is 0 Å². The van der Waals surface area contributed by atoms with Crippen LogP contribution in [0.4, 0.5) is 5.69 Å². The van der Waals surface area contributed by atoms with Crippen LogP contribution in [-0.2, 0) is 6.42 Å². The summed E-state index contributed by atoms with van der Waals surface area (Å²) in [7, 11) is 0. The van der Waals surface area contributed by atoms with Crippen LogP contribution < -0.4 is 10.1 Å². The van der Waals surface area contributed by atoms with Crippen molar-refractivity contribution in [3.8, 4) is 5.75 Å². The van der Waals surface area contributed by atoms with Crippen LogP contribution in [0.25, 0.3) is 0 Å². The zero-order valence-corrected chi connectivity index (χ0v) is 10.6. The second kappa shape index (κ2) is 4.25. The van der Waals surface area contributed by atoms with Crippen LogP contribution in [0.2, 0.25) is 0 Å².